The number of aromatic nitrogens is 2. The summed E-state index contributed by atoms with van der Waals surface area (Å²) in [5, 5.41) is 4.25. The summed E-state index contributed by atoms with van der Waals surface area (Å²) in [6.07, 6.45) is 10.1. The van der Waals surface area contributed by atoms with Crippen molar-refractivity contribution in [2.45, 2.75) is 18.3 Å². The normalized spacial score (nSPS) is 29.4. The summed E-state index contributed by atoms with van der Waals surface area (Å²) in [6, 6.07) is 0. The van der Waals surface area contributed by atoms with Gasteiger partial charge in [-0.3, -0.25) is 0 Å². The molecule has 0 saturated heterocycles. The lowest BCUT2D eigenvalue weighted by molar-refractivity contribution is -0.731. The van der Waals surface area contributed by atoms with E-state index in [1.807, 2.05) is 17.9 Å². The Morgan fingerprint density at radius 1 is 1.33 bits per heavy atom. The molecule has 1 aromatic heterocycles. The summed E-state index contributed by atoms with van der Waals surface area (Å²) in [6.45, 7) is 0. The van der Waals surface area contributed by atoms with Crippen molar-refractivity contribution in [2.24, 2.45) is 7.05 Å². The maximum Gasteiger partial charge on any atom is 0.200 e. The highest BCUT2D eigenvalue weighted by Gasteiger charge is 2.34. The van der Waals surface area contributed by atoms with Crippen LogP contribution in [0.5, 0.6) is 0 Å². The topological polar surface area (TPSA) is 16.8 Å². The molecular weight excluding hydrogens is 148 g/mol. The Morgan fingerprint density at radius 3 is 2.92 bits per heavy atom. The van der Waals surface area contributed by atoms with Crippen molar-refractivity contribution < 1.29 is 4.68 Å². The maximum atomic E-state index is 4.25. The lowest BCUT2D eigenvalue weighted by atomic mass is 10.0. The third-order valence-electron chi connectivity index (χ3n) is 2.92. The Morgan fingerprint density at radius 2 is 2.08 bits per heavy atom. The van der Waals surface area contributed by atoms with Gasteiger partial charge in [-0.1, -0.05) is 16.8 Å². The summed E-state index contributed by atoms with van der Waals surface area (Å²) in [7, 11) is 1.98. The van der Waals surface area contributed by atoms with Crippen LogP contribution in [0.2, 0.25) is 0 Å². The SMILES string of the molecule is C[n+]1cc2c(cn1)C1C=CC2C1. The van der Waals surface area contributed by atoms with Crippen LogP contribution in [0.4, 0.5) is 0 Å². The average Bonchev–Trinajstić information content (AvgIpc) is 2.63. The molecule has 12 heavy (non-hydrogen) atoms. The Labute approximate surface area is 71.5 Å². The molecule has 2 aliphatic carbocycles. The van der Waals surface area contributed by atoms with Crippen molar-refractivity contribution >= 4 is 0 Å². The predicted molar refractivity (Wildman–Crippen MR) is 44.7 cm³/mol. The van der Waals surface area contributed by atoms with Crippen molar-refractivity contribution in [1.29, 1.82) is 0 Å². The molecule has 2 atom stereocenters. The van der Waals surface area contributed by atoms with Crippen LogP contribution in [0, 0.1) is 0 Å². The molecule has 2 bridgehead atoms. The molecular formula is C10H11N2+. The molecule has 0 saturated carbocycles. The van der Waals surface area contributed by atoms with Crippen molar-refractivity contribution in [2.75, 3.05) is 0 Å². The van der Waals surface area contributed by atoms with Crippen molar-refractivity contribution in [3.05, 3.63) is 35.7 Å². The van der Waals surface area contributed by atoms with Crippen LogP contribution >= 0.6 is 0 Å². The number of rotatable bonds is 0. The lowest BCUT2D eigenvalue weighted by Crippen LogP contribution is -2.33. The van der Waals surface area contributed by atoms with Gasteiger partial charge in [0.1, 0.15) is 0 Å². The second-order valence-corrected chi connectivity index (χ2v) is 3.69. The molecule has 2 nitrogen and oxygen atoms in total. The fourth-order valence-corrected chi connectivity index (χ4v) is 2.32. The molecule has 2 unspecified atom stereocenters. The molecule has 0 aliphatic heterocycles. The van der Waals surface area contributed by atoms with Gasteiger partial charge in [0, 0.05) is 17.4 Å². The fourth-order valence-electron chi connectivity index (χ4n) is 2.32. The molecule has 3 rings (SSSR count). The number of aryl methyl sites for hydroxylation is 1. The van der Waals surface area contributed by atoms with Crippen molar-refractivity contribution in [1.82, 2.24) is 5.10 Å². The highest BCUT2D eigenvalue weighted by Crippen LogP contribution is 2.47. The minimum absolute atomic E-state index is 0.665. The number of nitrogens with zero attached hydrogens (tertiary/aromatic N) is 2. The standard InChI is InChI=1S/C10H11N2/c1-12-6-10-8-3-2-7(4-8)9(10)5-11-12/h2-3,5-8H,4H2,1H3/q+1. The molecule has 1 aromatic rings. The minimum atomic E-state index is 0.665. The van der Waals surface area contributed by atoms with Gasteiger partial charge in [-0.15, -0.1) is 0 Å². The zero-order chi connectivity index (χ0) is 8.13. The molecule has 0 spiro atoms. The molecule has 2 aliphatic rings. The van der Waals surface area contributed by atoms with E-state index in [1.165, 1.54) is 17.5 Å². The van der Waals surface area contributed by atoms with Crippen LogP contribution in [-0.2, 0) is 7.05 Å². The van der Waals surface area contributed by atoms with Crippen LogP contribution < -0.4 is 4.68 Å². The van der Waals surface area contributed by atoms with Gasteiger partial charge >= 0.3 is 0 Å². The van der Waals surface area contributed by atoms with Gasteiger partial charge in [0.25, 0.3) is 0 Å². The number of hydrogen-bond donors (Lipinski definition) is 0. The second-order valence-electron chi connectivity index (χ2n) is 3.69. The number of allylic oxidation sites excluding steroid dienone is 2. The zero-order valence-corrected chi connectivity index (χ0v) is 7.07. The molecule has 2 heteroatoms. The average molecular weight is 159 g/mol. The summed E-state index contributed by atoms with van der Waals surface area (Å²) in [5.41, 5.74) is 2.93. The van der Waals surface area contributed by atoms with Gasteiger partial charge in [-0.05, 0) is 17.1 Å². The Balaban J connectivity index is 2.24. The lowest BCUT2D eigenvalue weighted by Gasteiger charge is -2.05. The van der Waals surface area contributed by atoms with E-state index in [0.717, 1.165) is 0 Å². The quantitative estimate of drug-likeness (QED) is 0.408. The van der Waals surface area contributed by atoms with E-state index in [4.69, 9.17) is 0 Å². The van der Waals surface area contributed by atoms with E-state index in [9.17, 15) is 0 Å². The van der Waals surface area contributed by atoms with E-state index >= 15 is 0 Å². The Bertz CT molecular complexity index is 368. The Hall–Kier alpha value is -1.18. The van der Waals surface area contributed by atoms with Gasteiger partial charge in [0.2, 0.25) is 0 Å². The van der Waals surface area contributed by atoms with E-state index in [1.54, 1.807) is 0 Å². The second kappa shape index (κ2) is 1.94. The highest BCUT2D eigenvalue weighted by atomic mass is 15.2. The summed E-state index contributed by atoms with van der Waals surface area (Å²) < 4.78 is 1.90. The first-order chi connectivity index (χ1) is 5.84. The largest absolute Gasteiger partial charge is 0.200 e. The van der Waals surface area contributed by atoms with E-state index in [2.05, 4.69) is 23.4 Å². The van der Waals surface area contributed by atoms with Gasteiger partial charge in [0.15, 0.2) is 13.2 Å². The summed E-state index contributed by atoms with van der Waals surface area (Å²) >= 11 is 0. The molecule has 0 aromatic carbocycles. The van der Waals surface area contributed by atoms with Gasteiger partial charge in [0.05, 0.1) is 6.20 Å². The summed E-state index contributed by atoms with van der Waals surface area (Å²) in [5.74, 6) is 1.35. The van der Waals surface area contributed by atoms with E-state index < -0.39 is 0 Å². The van der Waals surface area contributed by atoms with E-state index in [0.29, 0.717) is 11.8 Å². The molecule has 0 N–H and O–H groups in total. The van der Waals surface area contributed by atoms with Gasteiger partial charge in [-0.2, -0.15) is 0 Å². The van der Waals surface area contributed by atoms with Crippen LogP contribution in [0.3, 0.4) is 0 Å². The van der Waals surface area contributed by atoms with Crippen molar-refractivity contribution in [3.8, 4) is 0 Å². The number of hydrogen-bond acceptors (Lipinski definition) is 1. The van der Waals surface area contributed by atoms with Gasteiger partial charge < -0.3 is 0 Å². The van der Waals surface area contributed by atoms with Crippen LogP contribution in [0.15, 0.2) is 24.5 Å². The van der Waals surface area contributed by atoms with Crippen LogP contribution in [0.1, 0.15) is 29.4 Å². The third-order valence-corrected chi connectivity index (χ3v) is 2.92. The first-order valence-electron chi connectivity index (χ1n) is 4.38. The monoisotopic (exact) mass is 159 g/mol. The molecule has 0 fully saturated rings. The predicted octanol–water partition coefficient (Wildman–Crippen LogP) is 1.05. The fraction of sp³-hybridized carbons (Fsp3) is 0.400. The molecule has 60 valence electrons. The van der Waals surface area contributed by atoms with Gasteiger partial charge in [-0.25, -0.2) is 0 Å². The third kappa shape index (κ3) is 0.649. The Kier molecular flexibility index (Phi) is 1.03. The smallest absolute Gasteiger partial charge is 0.0937 e. The molecule has 1 heterocycles. The van der Waals surface area contributed by atoms with Crippen LogP contribution in [0.25, 0.3) is 0 Å². The van der Waals surface area contributed by atoms with Crippen LogP contribution in [-0.4, -0.2) is 5.10 Å². The highest BCUT2D eigenvalue weighted by molar-refractivity contribution is 5.44. The molecule has 0 amide bonds. The first-order valence-corrected chi connectivity index (χ1v) is 4.38. The summed E-state index contributed by atoms with van der Waals surface area (Å²) in [4.78, 5) is 0. The zero-order valence-electron chi connectivity index (χ0n) is 7.07. The van der Waals surface area contributed by atoms with E-state index in [-0.39, 0.29) is 0 Å². The number of fused-ring (bicyclic) bond motifs is 5. The minimum Gasteiger partial charge on any atom is -0.0937 e. The maximum absolute atomic E-state index is 4.25. The molecule has 0 radical (unpaired) electrons. The first kappa shape index (κ1) is 6.35. The van der Waals surface area contributed by atoms with Crippen molar-refractivity contribution in [3.63, 3.8) is 0 Å².